The number of oxazole rings is 1. The van der Waals surface area contributed by atoms with Crippen LogP contribution in [0, 0.1) is 0 Å². The first-order valence-corrected chi connectivity index (χ1v) is 10.1. The summed E-state index contributed by atoms with van der Waals surface area (Å²) < 4.78 is 16.9. The molecule has 3 heterocycles. The Bertz CT molecular complexity index is 973. The maximum atomic E-state index is 12.6. The van der Waals surface area contributed by atoms with Crippen molar-refractivity contribution in [2.45, 2.75) is 25.2 Å². The lowest BCUT2D eigenvalue weighted by Gasteiger charge is -2.31. The van der Waals surface area contributed by atoms with Gasteiger partial charge in [-0.1, -0.05) is 12.1 Å². The van der Waals surface area contributed by atoms with Gasteiger partial charge in [0.15, 0.2) is 12.5 Å². The molecule has 4 rings (SSSR count). The van der Waals surface area contributed by atoms with E-state index in [-0.39, 0.29) is 18.4 Å². The predicted octanol–water partition coefficient (Wildman–Crippen LogP) is 3.45. The molecule has 2 aromatic heterocycles. The number of aromatic nitrogens is 2. The quantitative estimate of drug-likeness (QED) is 0.597. The van der Waals surface area contributed by atoms with Crippen molar-refractivity contribution in [3.05, 3.63) is 72.2 Å². The number of methoxy groups -OCH3 is 1. The minimum absolute atomic E-state index is 0.00505. The van der Waals surface area contributed by atoms with Crippen molar-refractivity contribution in [3.63, 3.8) is 0 Å². The highest BCUT2D eigenvalue weighted by Gasteiger charge is 2.28. The number of likely N-dealkylation sites (tertiary alicyclic amines) is 1. The third-order valence-corrected chi connectivity index (χ3v) is 5.20. The van der Waals surface area contributed by atoms with E-state index >= 15 is 0 Å². The Morgan fingerprint density at radius 2 is 2.13 bits per heavy atom. The lowest BCUT2D eigenvalue weighted by Crippen LogP contribution is -2.41. The van der Waals surface area contributed by atoms with E-state index in [1.165, 1.54) is 0 Å². The van der Waals surface area contributed by atoms with E-state index in [0.29, 0.717) is 24.6 Å². The summed E-state index contributed by atoms with van der Waals surface area (Å²) in [7, 11) is 1.66. The molecule has 0 N–H and O–H groups in total. The summed E-state index contributed by atoms with van der Waals surface area (Å²) in [6.45, 7) is 1.32. The van der Waals surface area contributed by atoms with Gasteiger partial charge in [0.2, 0.25) is 0 Å². The van der Waals surface area contributed by atoms with Crippen LogP contribution in [0.15, 0.2) is 59.4 Å². The van der Waals surface area contributed by atoms with Crippen molar-refractivity contribution < 1.29 is 18.7 Å². The number of piperidine rings is 1. The number of hydrogen-bond acceptors (Lipinski definition) is 6. The molecule has 0 spiro atoms. The van der Waals surface area contributed by atoms with Gasteiger partial charge in [-0.2, -0.15) is 0 Å². The fraction of sp³-hybridized carbons (Fsp3) is 0.348. The van der Waals surface area contributed by atoms with Crippen LogP contribution in [0.3, 0.4) is 0 Å². The Hall–Kier alpha value is -3.35. The van der Waals surface area contributed by atoms with Crippen LogP contribution in [0.4, 0.5) is 0 Å². The third kappa shape index (κ3) is 4.97. The van der Waals surface area contributed by atoms with Crippen LogP contribution in [0.5, 0.6) is 11.5 Å². The Morgan fingerprint density at radius 3 is 2.97 bits per heavy atom. The highest BCUT2D eigenvalue weighted by Crippen LogP contribution is 2.27. The lowest BCUT2D eigenvalue weighted by atomic mass is 9.98. The molecule has 1 fully saturated rings. The van der Waals surface area contributed by atoms with E-state index in [1.54, 1.807) is 37.8 Å². The van der Waals surface area contributed by atoms with E-state index in [9.17, 15) is 4.79 Å². The molecule has 156 valence electrons. The standard InChI is InChI=1S/C23H25N3O4/c1-28-19-7-2-5-17(11-19)12-21-14-25-23(30-21)18-6-4-10-26(15-18)22(27)16-29-20-8-3-9-24-13-20/h2-3,5,7-9,11,13-14,18H,4,6,10,12,15-16H2,1H3/t18-/m1/s1. The Balaban J connectivity index is 1.34. The summed E-state index contributed by atoms with van der Waals surface area (Å²) in [5.41, 5.74) is 1.10. The van der Waals surface area contributed by atoms with Gasteiger partial charge >= 0.3 is 0 Å². The topological polar surface area (TPSA) is 77.7 Å². The van der Waals surface area contributed by atoms with E-state index in [1.807, 2.05) is 29.2 Å². The summed E-state index contributed by atoms with van der Waals surface area (Å²) in [6, 6.07) is 11.5. The smallest absolute Gasteiger partial charge is 0.260 e. The van der Waals surface area contributed by atoms with Crippen molar-refractivity contribution in [2.24, 2.45) is 0 Å². The predicted molar refractivity (Wildman–Crippen MR) is 111 cm³/mol. The first kappa shape index (κ1) is 19.9. The maximum absolute atomic E-state index is 12.6. The van der Waals surface area contributed by atoms with Crippen molar-refractivity contribution in [1.29, 1.82) is 0 Å². The van der Waals surface area contributed by atoms with E-state index in [0.717, 1.165) is 36.5 Å². The molecule has 0 aliphatic carbocycles. The van der Waals surface area contributed by atoms with Gasteiger partial charge in [0.25, 0.3) is 5.91 Å². The molecule has 7 nitrogen and oxygen atoms in total. The second kappa shape index (κ2) is 9.43. The fourth-order valence-corrected chi connectivity index (χ4v) is 3.65. The van der Waals surface area contributed by atoms with Gasteiger partial charge < -0.3 is 18.8 Å². The second-order valence-electron chi connectivity index (χ2n) is 7.35. The summed E-state index contributed by atoms with van der Waals surface area (Å²) >= 11 is 0. The number of rotatable bonds is 7. The fourth-order valence-electron chi connectivity index (χ4n) is 3.65. The molecule has 1 aromatic carbocycles. The van der Waals surface area contributed by atoms with Crippen LogP contribution >= 0.6 is 0 Å². The molecule has 1 amide bonds. The zero-order chi connectivity index (χ0) is 20.8. The van der Waals surface area contributed by atoms with Gasteiger partial charge in [0, 0.05) is 25.7 Å². The molecule has 0 bridgehead atoms. The number of carbonyl (C=O) groups excluding carboxylic acids is 1. The zero-order valence-electron chi connectivity index (χ0n) is 17.0. The summed E-state index contributed by atoms with van der Waals surface area (Å²) in [5, 5.41) is 0. The first-order chi connectivity index (χ1) is 14.7. The summed E-state index contributed by atoms with van der Waals surface area (Å²) in [5.74, 6) is 2.98. The van der Waals surface area contributed by atoms with E-state index in [2.05, 4.69) is 9.97 Å². The molecule has 1 atom stereocenters. The van der Waals surface area contributed by atoms with Gasteiger partial charge in [-0.05, 0) is 42.7 Å². The van der Waals surface area contributed by atoms with Crippen molar-refractivity contribution in [3.8, 4) is 11.5 Å². The molecule has 1 aliphatic heterocycles. The zero-order valence-corrected chi connectivity index (χ0v) is 17.0. The van der Waals surface area contributed by atoms with Crippen molar-refractivity contribution in [2.75, 3.05) is 26.8 Å². The van der Waals surface area contributed by atoms with Crippen LogP contribution in [0.2, 0.25) is 0 Å². The largest absolute Gasteiger partial charge is 0.497 e. The Morgan fingerprint density at radius 1 is 1.23 bits per heavy atom. The molecule has 1 aliphatic rings. The number of amides is 1. The average Bonchev–Trinajstić information content (AvgIpc) is 3.27. The SMILES string of the molecule is COc1cccc(Cc2cnc([C@@H]3CCCN(C(=O)COc4cccnc4)C3)o2)c1. The molecule has 0 unspecified atom stereocenters. The summed E-state index contributed by atoms with van der Waals surface area (Å²) in [6.07, 6.45) is 7.56. The van der Waals surface area contributed by atoms with Gasteiger partial charge in [0.05, 0.1) is 25.4 Å². The number of pyridine rings is 1. The maximum Gasteiger partial charge on any atom is 0.260 e. The number of carbonyl (C=O) groups is 1. The van der Waals surface area contributed by atoms with Gasteiger partial charge in [-0.3, -0.25) is 9.78 Å². The molecule has 1 saturated heterocycles. The second-order valence-corrected chi connectivity index (χ2v) is 7.35. The Kier molecular flexibility index (Phi) is 6.27. The van der Waals surface area contributed by atoms with Crippen LogP contribution in [-0.2, 0) is 11.2 Å². The van der Waals surface area contributed by atoms with E-state index in [4.69, 9.17) is 13.9 Å². The number of nitrogens with zero attached hydrogens (tertiary/aromatic N) is 3. The van der Waals surface area contributed by atoms with Crippen LogP contribution < -0.4 is 9.47 Å². The molecular formula is C23H25N3O4. The monoisotopic (exact) mass is 407 g/mol. The minimum Gasteiger partial charge on any atom is -0.497 e. The minimum atomic E-state index is -0.0355. The van der Waals surface area contributed by atoms with Gasteiger partial charge in [-0.25, -0.2) is 4.98 Å². The lowest BCUT2D eigenvalue weighted by molar-refractivity contribution is -0.134. The third-order valence-electron chi connectivity index (χ3n) is 5.20. The number of benzene rings is 1. The molecule has 30 heavy (non-hydrogen) atoms. The summed E-state index contributed by atoms with van der Waals surface area (Å²) in [4.78, 5) is 22.9. The van der Waals surface area contributed by atoms with Crippen LogP contribution in [0.25, 0.3) is 0 Å². The first-order valence-electron chi connectivity index (χ1n) is 10.1. The molecule has 0 saturated carbocycles. The average molecular weight is 407 g/mol. The molecule has 0 radical (unpaired) electrons. The highest BCUT2D eigenvalue weighted by atomic mass is 16.5. The highest BCUT2D eigenvalue weighted by molar-refractivity contribution is 5.78. The van der Waals surface area contributed by atoms with Crippen molar-refractivity contribution >= 4 is 5.91 Å². The normalized spacial score (nSPS) is 16.3. The van der Waals surface area contributed by atoms with Crippen molar-refractivity contribution in [1.82, 2.24) is 14.9 Å². The number of hydrogen-bond donors (Lipinski definition) is 0. The van der Waals surface area contributed by atoms with Crippen LogP contribution in [0.1, 0.15) is 36.0 Å². The molecule has 7 heteroatoms. The number of ether oxygens (including phenoxy) is 2. The van der Waals surface area contributed by atoms with Crippen LogP contribution in [-0.4, -0.2) is 47.6 Å². The Labute approximate surface area is 175 Å². The van der Waals surface area contributed by atoms with E-state index < -0.39 is 0 Å². The molecular weight excluding hydrogens is 382 g/mol. The van der Waals surface area contributed by atoms with Gasteiger partial charge in [-0.15, -0.1) is 0 Å². The van der Waals surface area contributed by atoms with Gasteiger partial charge in [0.1, 0.15) is 17.3 Å². The molecule has 3 aromatic rings.